The molecule has 0 aromatic heterocycles. The molecule has 0 heterocycles. The van der Waals surface area contributed by atoms with Gasteiger partial charge in [0.1, 0.15) is 19.0 Å². The van der Waals surface area contributed by atoms with Crippen LogP contribution in [0.5, 0.6) is 5.75 Å². The van der Waals surface area contributed by atoms with Gasteiger partial charge in [0.2, 0.25) is 0 Å². The Kier molecular flexibility index (Phi) is 6.63. The topological polar surface area (TPSA) is 47.9 Å². The largest absolute Gasteiger partial charge is 0.489 e. The van der Waals surface area contributed by atoms with Crippen LogP contribution in [-0.4, -0.2) is 17.6 Å². The Balaban J connectivity index is 2.25. The van der Waals surface area contributed by atoms with Crippen molar-refractivity contribution in [3.8, 4) is 5.75 Å². The van der Waals surface area contributed by atoms with E-state index >= 15 is 0 Å². The lowest BCUT2D eigenvalue weighted by Gasteiger charge is -2.12. The molecule has 0 fully saturated rings. The first-order valence-electron chi connectivity index (χ1n) is 7.61. The molecular weight excluding hydrogens is 371 g/mol. The molecule has 0 atom stereocenters. The van der Waals surface area contributed by atoms with Crippen LogP contribution in [0, 0.1) is 0 Å². The average molecular weight is 386 g/mol. The molecule has 0 bridgehead atoms. The summed E-state index contributed by atoms with van der Waals surface area (Å²) in [4.78, 5) is 16.5. The van der Waals surface area contributed by atoms with Crippen molar-refractivity contribution in [1.82, 2.24) is 0 Å². The van der Waals surface area contributed by atoms with Crippen LogP contribution >= 0.6 is 11.6 Å². The van der Waals surface area contributed by atoms with Crippen LogP contribution in [0.15, 0.2) is 53.7 Å². The van der Waals surface area contributed by atoms with Gasteiger partial charge in [0.15, 0.2) is 5.71 Å². The predicted molar refractivity (Wildman–Crippen MR) is 91.2 cm³/mol. The fraction of sp³-hybridized carbons (Fsp3) is 0.222. The zero-order chi connectivity index (χ0) is 19.2. The Labute approximate surface area is 153 Å². The molecule has 0 saturated carbocycles. The van der Waals surface area contributed by atoms with E-state index in [1.165, 1.54) is 12.1 Å². The van der Waals surface area contributed by atoms with Gasteiger partial charge in [-0.2, -0.15) is 13.2 Å². The van der Waals surface area contributed by atoms with E-state index in [0.717, 1.165) is 12.1 Å². The summed E-state index contributed by atoms with van der Waals surface area (Å²) in [5.74, 6) is 0.0510. The monoisotopic (exact) mass is 385 g/mol. The minimum Gasteiger partial charge on any atom is -0.489 e. The molecule has 8 heteroatoms. The summed E-state index contributed by atoms with van der Waals surface area (Å²) in [5, 5.41) is 2.89. The van der Waals surface area contributed by atoms with Crippen LogP contribution in [-0.2, 0) is 22.4 Å². The maximum atomic E-state index is 12.8. The number of alkyl halides is 3. The summed E-state index contributed by atoms with van der Waals surface area (Å²) >= 11 is 5.56. The van der Waals surface area contributed by atoms with Crippen molar-refractivity contribution in [2.24, 2.45) is 5.16 Å². The molecule has 26 heavy (non-hydrogen) atoms. The highest BCUT2D eigenvalue weighted by molar-refractivity contribution is 6.84. The number of halogens is 4. The first kappa shape index (κ1) is 19.8. The summed E-state index contributed by atoms with van der Waals surface area (Å²) in [6.45, 7) is 1.87. The van der Waals surface area contributed by atoms with Gasteiger partial charge < -0.3 is 9.57 Å². The van der Waals surface area contributed by atoms with Crippen LogP contribution < -0.4 is 4.74 Å². The zero-order valence-corrected chi connectivity index (χ0v) is 14.5. The van der Waals surface area contributed by atoms with Crippen LogP contribution in [0.3, 0.4) is 0 Å². The van der Waals surface area contributed by atoms with Gasteiger partial charge in [-0.25, -0.2) is 0 Å². The standard InChI is InChI=1S/C18H15ClF3NO3/c1-2-26-23-16(17(19)24)15-9-4-3-6-12(15)11-25-14-8-5-7-13(10-14)18(20,21)22/h3-10H,2,11H2,1H3. The number of hydrogen-bond donors (Lipinski definition) is 0. The van der Waals surface area contributed by atoms with E-state index < -0.39 is 17.0 Å². The van der Waals surface area contributed by atoms with Gasteiger partial charge in [-0.1, -0.05) is 35.5 Å². The molecule has 0 aliphatic rings. The minimum atomic E-state index is -4.46. The maximum absolute atomic E-state index is 12.8. The summed E-state index contributed by atoms with van der Waals surface area (Å²) < 4.78 is 43.8. The molecular formula is C18H15ClF3NO3. The smallest absolute Gasteiger partial charge is 0.416 e. The molecule has 138 valence electrons. The Hall–Kier alpha value is -2.54. The third-order valence-corrected chi connectivity index (χ3v) is 3.48. The molecule has 0 radical (unpaired) electrons. The van der Waals surface area contributed by atoms with E-state index in [1.807, 2.05) is 0 Å². The first-order chi connectivity index (χ1) is 12.3. The van der Waals surface area contributed by atoms with Crippen LogP contribution in [0.1, 0.15) is 23.6 Å². The van der Waals surface area contributed by atoms with E-state index in [0.29, 0.717) is 11.1 Å². The number of oxime groups is 1. The summed E-state index contributed by atoms with van der Waals surface area (Å²) in [7, 11) is 0. The lowest BCUT2D eigenvalue weighted by Crippen LogP contribution is -2.14. The zero-order valence-electron chi connectivity index (χ0n) is 13.7. The Morgan fingerprint density at radius 2 is 1.88 bits per heavy atom. The lowest BCUT2D eigenvalue weighted by molar-refractivity contribution is -0.137. The number of nitrogens with zero attached hydrogens (tertiary/aromatic N) is 1. The van der Waals surface area contributed by atoms with E-state index in [1.54, 1.807) is 31.2 Å². The van der Waals surface area contributed by atoms with Crippen LogP contribution in [0.4, 0.5) is 13.2 Å². The number of benzene rings is 2. The van der Waals surface area contributed by atoms with Gasteiger partial charge in [-0.15, -0.1) is 0 Å². The first-order valence-corrected chi connectivity index (χ1v) is 7.99. The Morgan fingerprint density at radius 1 is 1.15 bits per heavy atom. The molecule has 0 unspecified atom stereocenters. The van der Waals surface area contributed by atoms with E-state index in [-0.39, 0.29) is 24.7 Å². The molecule has 2 aromatic carbocycles. The molecule has 0 amide bonds. The molecule has 0 N–H and O–H groups in total. The van der Waals surface area contributed by atoms with Crippen molar-refractivity contribution < 1.29 is 27.5 Å². The molecule has 0 spiro atoms. The van der Waals surface area contributed by atoms with Gasteiger partial charge in [0.05, 0.1) is 5.56 Å². The third kappa shape index (κ3) is 5.23. The van der Waals surface area contributed by atoms with Gasteiger partial charge in [0.25, 0.3) is 5.24 Å². The normalized spacial score (nSPS) is 12.0. The summed E-state index contributed by atoms with van der Waals surface area (Å²) in [6.07, 6.45) is -4.46. The fourth-order valence-electron chi connectivity index (χ4n) is 2.12. The highest BCUT2D eigenvalue weighted by atomic mass is 35.5. The van der Waals surface area contributed by atoms with Crippen molar-refractivity contribution in [2.75, 3.05) is 6.61 Å². The van der Waals surface area contributed by atoms with Gasteiger partial charge in [-0.3, -0.25) is 4.79 Å². The van der Waals surface area contributed by atoms with Crippen LogP contribution in [0.25, 0.3) is 0 Å². The predicted octanol–water partition coefficient (Wildman–Crippen LogP) is 4.79. The second-order valence-corrected chi connectivity index (χ2v) is 5.45. The van der Waals surface area contributed by atoms with Crippen molar-refractivity contribution >= 4 is 22.6 Å². The molecule has 4 nitrogen and oxygen atoms in total. The number of carbonyl (C=O) groups excluding carboxylic acids is 1. The molecule has 2 rings (SSSR count). The van der Waals surface area contributed by atoms with Gasteiger partial charge in [0, 0.05) is 5.56 Å². The number of hydrogen-bond acceptors (Lipinski definition) is 4. The summed E-state index contributed by atoms with van der Waals surface area (Å²) in [5.41, 5.74) is -0.000122. The fourth-order valence-corrected chi connectivity index (χ4v) is 2.26. The average Bonchev–Trinajstić information content (AvgIpc) is 2.60. The summed E-state index contributed by atoms with van der Waals surface area (Å²) in [6, 6.07) is 11.2. The Morgan fingerprint density at radius 3 is 2.54 bits per heavy atom. The molecule has 0 aliphatic carbocycles. The van der Waals surface area contributed by atoms with Crippen molar-refractivity contribution in [3.05, 3.63) is 65.2 Å². The second kappa shape index (κ2) is 8.71. The maximum Gasteiger partial charge on any atom is 0.416 e. The highest BCUT2D eigenvalue weighted by Crippen LogP contribution is 2.31. The number of carbonyl (C=O) groups is 1. The Bertz CT molecular complexity index is 806. The molecule has 0 aliphatic heterocycles. The third-order valence-electron chi connectivity index (χ3n) is 3.30. The van der Waals surface area contributed by atoms with E-state index in [4.69, 9.17) is 21.2 Å². The second-order valence-electron chi connectivity index (χ2n) is 5.10. The number of rotatable bonds is 7. The van der Waals surface area contributed by atoms with Crippen molar-refractivity contribution in [3.63, 3.8) is 0 Å². The van der Waals surface area contributed by atoms with Crippen LogP contribution in [0.2, 0.25) is 0 Å². The van der Waals surface area contributed by atoms with E-state index in [2.05, 4.69) is 5.16 Å². The lowest BCUT2D eigenvalue weighted by atomic mass is 10.0. The molecule has 2 aromatic rings. The molecule has 0 saturated heterocycles. The quantitative estimate of drug-likeness (QED) is 0.391. The van der Waals surface area contributed by atoms with Gasteiger partial charge >= 0.3 is 6.18 Å². The minimum absolute atomic E-state index is 0.0510. The van der Waals surface area contributed by atoms with Crippen molar-refractivity contribution in [2.45, 2.75) is 19.7 Å². The number of ether oxygens (including phenoxy) is 1. The van der Waals surface area contributed by atoms with Gasteiger partial charge in [-0.05, 0) is 42.3 Å². The SMILES string of the molecule is CCON=C(C(=O)Cl)c1ccccc1COc1cccc(C(F)(F)F)c1. The van der Waals surface area contributed by atoms with E-state index in [9.17, 15) is 18.0 Å². The highest BCUT2D eigenvalue weighted by Gasteiger charge is 2.30. The van der Waals surface area contributed by atoms with Crippen molar-refractivity contribution in [1.29, 1.82) is 0 Å².